The molecule has 0 saturated heterocycles. The summed E-state index contributed by atoms with van der Waals surface area (Å²) < 4.78 is 18.8. The van der Waals surface area contributed by atoms with Crippen LogP contribution in [0.3, 0.4) is 0 Å². The minimum Gasteiger partial charge on any atom is -0.411 e. The maximum Gasteiger partial charge on any atom is 0.277 e. The number of aryl methyl sites for hydroxylation is 2. The van der Waals surface area contributed by atoms with Crippen LogP contribution in [0, 0.1) is 19.7 Å². The number of nitrogens with one attached hydrogen (secondary N) is 1. The molecule has 0 unspecified atom stereocenters. The zero-order valence-electron chi connectivity index (χ0n) is 14.6. The highest BCUT2D eigenvalue weighted by Crippen LogP contribution is 2.27. The van der Waals surface area contributed by atoms with E-state index in [9.17, 15) is 9.18 Å². The smallest absolute Gasteiger partial charge is 0.277 e. The molecule has 1 heterocycles. The van der Waals surface area contributed by atoms with Gasteiger partial charge in [-0.3, -0.25) is 4.79 Å². The Hall–Kier alpha value is -2.67. The Morgan fingerprint density at radius 1 is 1.15 bits per heavy atom. The van der Waals surface area contributed by atoms with Crippen molar-refractivity contribution in [1.29, 1.82) is 0 Å². The summed E-state index contributed by atoms with van der Waals surface area (Å²) in [5.41, 5.74) is 3.57. The lowest BCUT2D eigenvalue weighted by molar-refractivity contribution is -0.115. The maximum atomic E-state index is 13.2. The second-order valence-electron chi connectivity index (χ2n) is 5.93. The van der Waals surface area contributed by atoms with Gasteiger partial charge in [0.05, 0.1) is 5.25 Å². The van der Waals surface area contributed by atoms with Crippen molar-refractivity contribution in [3.63, 3.8) is 0 Å². The van der Waals surface area contributed by atoms with Gasteiger partial charge in [-0.15, -0.1) is 10.2 Å². The number of anilines is 1. The fraction of sp³-hybridized carbons (Fsp3) is 0.211. The molecule has 2 aromatic carbocycles. The van der Waals surface area contributed by atoms with Crippen molar-refractivity contribution in [2.24, 2.45) is 0 Å². The van der Waals surface area contributed by atoms with Gasteiger partial charge in [0.25, 0.3) is 5.22 Å². The normalized spacial score (nSPS) is 12.0. The van der Waals surface area contributed by atoms with Gasteiger partial charge in [0.15, 0.2) is 0 Å². The van der Waals surface area contributed by atoms with Crippen molar-refractivity contribution < 1.29 is 13.6 Å². The van der Waals surface area contributed by atoms with Crippen molar-refractivity contribution in [3.8, 4) is 11.5 Å². The fourth-order valence-corrected chi connectivity index (χ4v) is 2.95. The van der Waals surface area contributed by atoms with Gasteiger partial charge in [0.1, 0.15) is 5.82 Å². The number of nitrogens with zero attached hydrogens (tertiary/aromatic N) is 2. The molecule has 0 bridgehead atoms. The third-order valence-corrected chi connectivity index (χ3v) is 4.83. The molecule has 1 aromatic heterocycles. The summed E-state index contributed by atoms with van der Waals surface area (Å²) >= 11 is 1.15. The first-order valence-electron chi connectivity index (χ1n) is 8.06. The van der Waals surface area contributed by atoms with Gasteiger partial charge in [-0.05, 0) is 62.2 Å². The first-order chi connectivity index (χ1) is 12.4. The van der Waals surface area contributed by atoms with E-state index in [1.807, 2.05) is 32.0 Å². The van der Waals surface area contributed by atoms with E-state index in [-0.39, 0.29) is 5.91 Å². The van der Waals surface area contributed by atoms with E-state index in [4.69, 9.17) is 4.42 Å². The number of aromatic nitrogens is 2. The summed E-state index contributed by atoms with van der Waals surface area (Å²) in [5, 5.41) is 10.5. The van der Waals surface area contributed by atoms with Crippen molar-refractivity contribution in [2.75, 3.05) is 5.32 Å². The molecule has 134 valence electrons. The Bertz CT molecular complexity index is 942. The maximum absolute atomic E-state index is 13.2. The lowest BCUT2D eigenvalue weighted by Crippen LogP contribution is -2.22. The summed E-state index contributed by atoms with van der Waals surface area (Å²) in [6.45, 7) is 5.77. The number of amides is 1. The zero-order chi connectivity index (χ0) is 18.7. The predicted octanol–water partition coefficient (Wildman–Crippen LogP) is 4.61. The Labute approximate surface area is 155 Å². The topological polar surface area (TPSA) is 68.0 Å². The molecule has 0 aliphatic carbocycles. The molecule has 0 radical (unpaired) electrons. The molecule has 0 aliphatic rings. The summed E-state index contributed by atoms with van der Waals surface area (Å²) in [4.78, 5) is 12.2. The second-order valence-corrected chi connectivity index (χ2v) is 7.22. The molecule has 0 spiro atoms. The lowest BCUT2D eigenvalue weighted by Gasteiger charge is -2.09. The van der Waals surface area contributed by atoms with E-state index in [2.05, 4.69) is 15.5 Å². The third-order valence-electron chi connectivity index (χ3n) is 3.90. The third kappa shape index (κ3) is 4.29. The standard InChI is InChI=1S/C19H18FN3O2S/c1-11-7-8-14(9-12(11)2)18-22-23-19(25-18)26-13(3)17(24)21-16-6-4-5-15(20)10-16/h4-10,13H,1-3H3,(H,21,24)/t13-/m1/s1. The minimum atomic E-state index is -0.480. The Kier molecular flexibility index (Phi) is 5.37. The number of hydrogen-bond acceptors (Lipinski definition) is 5. The quantitative estimate of drug-likeness (QED) is 0.663. The number of carbonyl (C=O) groups excluding carboxylic acids is 1. The minimum absolute atomic E-state index is 0.272. The fourth-order valence-electron chi connectivity index (χ4n) is 2.26. The van der Waals surface area contributed by atoms with Crippen LogP contribution in [0.1, 0.15) is 18.1 Å². The largest absolute Gasteiger partial charge is 0.411 e. The van der Waals surface area contributed by atoms with Crippen LogP contribution in [0.4, 0.5) is 10.1 Å². The molecule has 7 heteroatoms. The van der Waals surface area contributed by atoms with E-state index < -0.39 is 11.1 Å². The SMILES string of the molecule is Cc1ccc(-c2nnc(S[C@H](C)C(=O)Nc3cccc(F)c3)o2)cc1C. The Morgan fingerprint density at radius 2 is 1.96 bits per heavy atom. The van der Waals surface area contributed by atoms with Gasteiger partial charge in [0, 0.05) is 11.3 Å². The van der Waals surface area contributed by atoms with E-state index in [1.54, 1.807) is 13.0 Å². The first kappa shape index (κ1) is 18.1. The summed E-state index contributed by atoms with van der Waals surface area (Å²) in [7, 11) is 0. The molecule has 1 atom stereocenters. The van der Waals surface area contributed by atoms with E-state index in [1.165, 1.54) is 23.8 Å². The van der Waals surface area contributed by atoms with Crippen molar-refractivity contribution >= 4 is 23.4 Å². The van der Waals surface area contributed by atoms with E-state index >= 15 is 0 Å². The van der Waals surface area contributed by atoms with Gasteiger partial charge in [0.2, 0.25) is 11.8 Å². The molecule has 0 aliphatic heterocycles. The molecule has 5 nitrogen and oxygen atoms in total. The highest BCUT2D eigenvalue weighted by molar-refractivity contribution is 8.00. The molecule has 3 aromatic rings. The molecule has 0 fully saturated rings. The number of halogens is 1. The highest BCUT2D eigenvalue weighted by Gasteiger charge is 2.19. The molecule has 26 heavy (non-hydrogen) atoms. The van der Waals surface area contributed by atoms with E-state index in [0.717, 1.165) is 22.9 Å². The number of hydrogen-bond donors (Lipinski definition) is 1. The van der Waals surface area contributed by atoms with Gasteiger partial charge in [-0.25, -0.2) is 4.39 Å². The van der Waals surface area contributed by atoms with Crippen molar-refractivity contribution in [3.05, 3.63) is 59.4 Å². The molecule has 1 N–H and O–H groups in total. The first-order valence-corrected chi connectivity index (χ1v) is 8.94. The highest BCUT2D eigenvalue weighted by atomic mass is 32.2. The Morgan fingerprint density at radius 3 is 2.69 bits per heavy atom. The molecule has 1 amide bonds. The van der Waals surface area contributed by atoms with Crippen LogP contribution in [0.2, 0.25) is 0 Å². The average Bonchev–Trinajstić information content (AvgIpc) is 3.05. The van der Waals surface area contributed by atoms with Gasteiger partial charge in [-0.1, -0.05) is 23.9 Å². The monoisotopic (exact) mass is 371 g/mol. The van der Waals surface area contributed by atoms with Crippen molar-refractivity contribution in [1.82, 2.24) is 10.2 Å². The van der Waals surface area contributed by atoms with Crippen LogP contribution in [0.15, 0.2) is 52.1 Å². The van der Waals surface area contributed by atoms with Gasteiger partial charge >= 0.3 is 0 Å². The van der Waals surface area contributed by atoms with Gasteiger partial charge in [-0.2, -0.15) is 0 Å². The van der Waals surface area contributed by atoms with Crippen LogP contribution in [-0.4, -0.2) is 21.4 Å². The number of carbonyl (C=O) groups is 1. The summed E-state index contributed by atoms with van der Waals surface area (Å²) in [6.07, 6.45) is 0. The van der Waals surface area contributed by atoms with Crippen LogP contribution in [0.25, 0.3) is 11.5 Å². The number of benzene rings is 2. The lowest BCUT2D eigenvalue weighted by atomic mass is 10.1. The second kappa shape index (κ2) is 7.70. The Balaban J connectivity index is 1.66. The van der Waals surface area contributed by atoms with Gasteiger partial charge < -0.3 is 9.73 Å². The number of rotatable bonds is 5. The molecule has 3 rings (SSSR count). The zero-order valence-corrected chi connectivity index (χ0v) is 15.4. The predicted molar refractivity (Wildman–Crippen MR) is 99.6 cm³/mol. The summed E-state index contributed by atoms with van der Waals surface area (Å²) in [5.74, 6) is -0.266. The van der Waals surface area contributed by atoms with Crippen LogP contribution in [0.5, 0.6) is 0 Å². The summed E-state index contributed by atoms with van der Waals surface area (Å²) in [6, 6.07) is 11.7. The van der Waals surface area contributed by atoms with Crippen LogP contribution in [-0.2, 0) is 4.79 Å². The number of thioether (sulfide) groups is 1. The van der Waals surface area contributed by atoms with Crippen LogP contribution >= 0.6 is 11.8 Å². The molecular formula is C19H18FN3O2S. The van der Waals surface area contributed by atoms with Crippen LogP contribution < -0.4 is 5.32 Å². The van der Waals surface area contributed by atoms with Crippen molar-refractivity contribution in [2.45, 2.75) is 31.2 Å². The molecular weight excluding hydrogens is 353 g/mol. The van der Waals surface area contributed by atoms with E-state index in [0.29, 0.717) is 16.8 Å². The average molecular weight is 371 g/mol. The molecule has 0 saturated carbocycles.